The smallest absolute Gasteiger partial charge is 0.258 e. The topological polar surface area (TPSA) is 149 Å². The first-order valence-electron chi connectivity index (χ1n) is 16.8. The molecule has 2 saturated heterocycles. The van der Waals surface area contributed by atoms with Crippen molar-refractivity contribution in [3.05, 3.63) is 75.3 Å². The molecule has 1 atom stereocenters. The average molecular weight is 722 g/mol. The number of likely N-dealkylation sites (tertiary alicyclic amines) is 2. The largest absolute Gasteiger partial charge is 0.495 e. The number of hydrogen-bond acceptors (Lipinski definition) is 7. The van der Waals surface area contributed by atoms with E-state index in [1.54, 1.807) is 42.3 Å². The lowest BCUT2D eigenvalue weighted by Crippen LogP contribution is -2.65. The fourth-order valence-electron chi connectivity index (χ4n) is 7.39. The Morgan fingerprint density at radius 2 is 1.82 bits per heavy atom. The van der Waals surface area contributed by atoms with Crippen LogP contribution >= 0.6 is 23.2 Å². The molecule has 2 aliphatic rings. The number of fused-ring (bicyclic) bond motifs is 1. The minimum absolute atomic E-state index is 0.0249. The van der Waals surface area contributed by atoms with Gasteiger partial charge in [-0.2, -0.15) is 5.26 Å². The van der Waals surface area contributed by atoms with E-state index in [-0.39, 0.29) is 47.7 Å². The highest BCUT2D eigenvalue weighted by atomic mass is 35.5. The molecule has 50 heavy (non-hydrogen) atoms. The maximum atomic E-state index is 14.5. The van der Waals surface area contributed by atoms with Gasteiger partial charge in [0.15, 0.2) is 0 Å². The molecule has 3 aromatic rings. The van der Waals surface area contributed by atoms with Gasteiger partial charge in [-0.3, -0.25) is 19.2 Å². The molecule has 5 rings (SSSR count). The number of nitrogens with one attached hydrogen (secondary N) is 1. The van der Waals surface area contributed by atoms with Gasteiger partial charge in [0, 0.05) is 45.6 Å². The summed E-state index contributed by atoms with van der Waals surface area (Å²) in [6.45, 7) is 2.11. The molecule has 2 fully saturated rings. The number of nitrogens with zero attached hydrogens (tertiary/aromatic N) is 4. The fourth-order valence-corrected chi connectivity index (χ4v) is 7.70. The van der Waals surface area contributed by atoms with Crippen LogP contribution in [-0.2, 0) is 14.4 Å². The number of benzene rings is 3. The van der Waals surface area contributed by atoms with E-state index >= 15 is 0 Å². The number of rotatable bonds is 12. The highest BCUT2D eigenvalue weighted by Crippen LogP contribution is 2.36. The molecule has 264 valence electrons. The maximum Gasteiger partial charge on any atom is 0.258 e. The van der Waals surface area contributed by atoms with Crippen LogP contribution in [0.15, 0.2) is 48.5 Å². The standard InChI is InChI=1S/C37H42Cl2N6O5/c1-42-36(49)37(45-15-6-5-9-32(45)47)13-17-43(18-14-37)16-12-26(24-10-11-29(38)30(39)20-24)22-44(23-31(41)46)35(48)33-28-8-4-3-7-25(28)19-27(21-40)34(33)50-2/h3-4,7-8,10-11,19-20,26H,5-6,9,12-18,22-23H2,1-2H3,(H2,41,46)(H,42,49). The fraction of sp³-hybridized carbons (Fsp3) is 0.432. The summed E-state index contributed by atoms with van der Waals surface area (Å²) in [6, 6.07) is 16.3. The van der Waals surface area contributed by atoms with Gasteiger partial charge in [0.25, 0.3) is 5.91 Å². The second-order valence-corrected chi connectivity index (χ2v) is 13.7. The number of methoxy groups -OCH3 is 1. The summed E-state index contributed by atoms with van der Waals surface area (Å²) in [4.78, 5) is 58.6. The van der Waals surface area contributed by atoms with E-state index < -0.39 is 17.4 Å². The van der Waals surface area contributed by atoms with Gasteiger partial charge in [0.1, 0.15) is 17.4 Å². The van der Waals surface area contributed by atoms with Gasteiger partial charge >= 0.3 is 0 Å². The van der Waals surface area contributed by atoms with E-state index in [0.717, 1.165) is 18.4 Å². The Hall–Kier alpha value is -4.37. The van der Waals surface area contributed by atoms with Crippen molar-refractivity contribution in [3.63, 3.8) is 0 Å². The third kappa shape index (κ3) is 7.68. The minimum Gasteiger partial charge on any atom is -0.495 e. The molecule has 1 unspecified atom stereocenters. The zero-order valence-electron chi connectivity index (χ0n) is 28.3. The van der Waals surface area contributed by atoms with Gasteiger partial charge in [0.05, 0.1) is 34.8 Å². The molecule has 0 aromatic heterocycles. The molecule has 0 radical (unpaired) electrons. The molecule has 0 aliphatic carbocycles. The van der Waals surface area contributed by atoms with E-state index in [4.69, 9.17) is 33.7 Å². The van der Waals surface area contributed by atoms with Crippen LogP contribution in [0.2, 0.25) is 10.0 Å². The lowest BCUT2D eigenvalue weighted by molar-refractivity contribution is -0.153. The Labute approximate surface area is 302 Å². The summed E-state index contributed by atoms with van der Waals surface area (Å²) >= 11 is 12.7. The predicted octanol–water partition coefficient (Wildman–Crippen LogP) is 4.72. The first-order chi connectivity index (χ1) is 24.0. The van der Waals surface area contributed by atoms with Crippen molar-refractivity contribution in [3.8, 4) is 11.8 Å². The van der Waals surface area contributed by atoms with E-state index in [2.05, 4.69) is 16.3 Å². The summed E-state index contributed by atoms with van der Waals surface area (Å²) in [5.41, 5.74) is 6.01. The normalized spacial score (nSPS) is 16.8. The van der Waals surface area contributed by atoms with E-state index in [9.17, 15) is 24.4 Å². The summed E-state index contributed by atoms with van der Waals surface area (Å²) in [5.74, 6) is -1.49. The zero-order chi connectivity index (χ0) is 36.0. The van der Waals surface area contributed by atoms with Crippen LogP contribution in [0.1, 0.15) is 65.9 Å². The van der Waals surface area contributed by atoms with Crippen LogP contribution in [0.3, 0.4) is 0 Å². The second kappa shape index (κ2) is 16.1. The molecule has 3 N–H and O–H groups in total. The first-order valence-corrected chi connectivity index (χ1v) is 17.6. The Morgan fingerprint density at radius 3 is 2.46 bits per heavy atom. The van der Waals surface area contributed by atoms with Gasteiger partial charge in [-0.1, -0.05) is 53.5 Å². The minimum atomic E-state index is -0.879. The Morgan fingerprint density at radius 1 is 1.08 bits per heavy atom. The molecular formula is C37H42Cl2N6O5. The number of nitriles is 1. The first kappa shape index (κ1) is 36.9. The lowest BCUT2D eigenvalue weighted by atomic mass is 9.82. The molecule has 0 spiro atoms. The van der Waals surface area contributed by atoms with Crippen LogP contribution in [0.25, 0.3) is 10.8 Å². The van der Waals surface area contributed by atoms with Gasteiger partial charge in [-0.05, 0) is 73.2 Å². The van der Waals surface area contributed by atoms with Gasteiger partial charge in [-0.25, -0.2) is 0 Å². The number of ether oxygens (including phenoxy) is 1. The molecule has 4 amide bonds. The van der Waals surface area contributed by atoms with Gasteiger partial charge < -0.3 is 30.5 Å². The summed E-state index contributed by atoms with van der Waals surface area (Å²) in [5, 5.41) is 14.7. The van der Waals surface area contributed by atoms with Crippen molar-refractivity contribution in [2.75, 3.05) is 53.4 Å². The monoisotopic (exact) mass is 720 g/mol. The second-order valence-electron chi connectivity index (χ2n) is 12.9. The van der Waals surface area contributed by atoms with Crippen LogP contribution < -0.4 is 15.8 Å². The van der Waals surface area contributed by atoms with Gasteiger partial charge in [0.2, 0.25) is 17.7 Å². The Bertz CT molecular complexity index is 1820. The van der Waals surface area contributed by atoms with E-state index in [1.807, 2.05) is 18.2 Å². The highest BCUT2D eigenvalue weighted by molar-refractivity contribution is 6.42. The summed E-state index contributed by atoms with van der Waals surface area (Å²) in [6.07, 6.45) is 3.74. The quantitative estimate of drug-likeness (QED) is 0.275. The van der Waals surface area contributed by atoms with Crippen LogP contribution in [-0.4, -0.2) is 97.3 Å². The number of primary amides is 1. The molecule has 2 heterocycles. The van der Waals surface area contributed by atoms with Crippen molar-refractivity contribution in [1.82, 2.24) is 20.0 Å². The van der Waals surface area contributed by atoms with Crippen molar-refractivity contribution in [2.45, 2.75) is 50.0 Å². The maximum absolute atomic E-state index is 14.5. The molecule has 0 saturated carbocycles. The number of hydrogen-bond donors (Lipinski definition) is 2. The molecule has 11 nitrogen and oxygen atoms in total. The van der Waals surface area contributed by atoms with E-state index in [1.165, 1.54) is 12.0 Å². The number of halogens is 2. The van der Waals surface area contributed by atoms with Crippen LogP contribution in [0, 0.1) is 11.3 Å². The summed E-state index contributed by atoms with van der Waals surface area (Å²) < 4.78 is 5.61. The van der Waals surface area contributed by atoms with E-state index in [0.29, 0.717) is 72.7 Å². The highest BCUT2D eigenvalue weighted by Gasteiger charge is 2.48. The summed E-state index contributed by atoms with van der Waals surface area (Å²) in [7, 11) is 3.01. The number of amides is 4. The molecule has 2 aliphatic heterocycles. The third-order valence-electron chi connectivity index (χ3n) is 10.00. The zero-order valence-corrected chi connectivity index (χ0v) is 29.9. The number of piperidine rings is 2. The van der Waals surface area contributed by atoms with Crippen molar-refractivity contribution < 1.29 is 23.9 Å². The average Bonchev–Trinajstić information content (AvgIpc) is 3.12. The predicted molar refractivity (Wildman–Crippen MR) is 192 cm³/mol. The number of carbonyl (C=O) groups is 4. The molecular weight excluding hydrogens is 679 g/mol. The Balaban J connectivity index is 1.43. The molecule has 0 bridgehead atoms. The molecule has 3 aromatic carbocycles. The Kier molecular flexibility index (Phi) is 11.9. The van der Waals surface area contributed by atoms with Crippen molar-refractivity contribution in [1.29, 1.82) is 5.26 Å². The van der Waals surface area contributed by atoms with Crippen molar-refractivity contribution >= 4 is 57.6 Å². The third-order valence-corrected chi connectivity index (χ3v) is 10.7. The van der Waals surface area contributed by atoms with Crippen LogP contribution in [0.5, 0.6) is 5.75 Å². The lowest BCUT2D eigenvalue weighted by Gasteiger charge is -2.48. The van der Waals surface area contributed by atoms with Gasteiger partial charge in [-0.15, -0.1) is 0 Å². The number of likely N-dealkylation sites (N-methyl/N-ethyl adjacent to an activating group) is 1. The SMILES string of the molecule is CNC(=O)C1(N2CCCCC2=O)CCN(CCC(CN(CC(N)=O)C(=O)c2c(OC)c(C#N)cc3ccccc23)c2ccc(Cl)c(Cl)c2)CC1. The number of carbonyl (C=O) groups excluding carboxylic acids is 4. The van der Waals surface area contributed by atoms with Crippen LogP contribution in [0.4, 0.5) is 0 Å². The number of nitrogens with two attached hydrogens (primary N) is 1. The van der Waals surface area contributed by atoms with Crippen molar-refractivity contribution in [2.24, 2.45) is 5.73 Å². The molecule has 13 heteroatoms.